The van der Waals surface area contributed by atoms with Crippen LogP contribution in [0, 0.1) is 25.7 Å². The van der Waals surface area contributed by atoms with E-state index in [0.717, 1.165) is 33.6 Å². The highest BCUT2D eigenvalue weighted by Crippen LogP contribution is 2.39. The molecule has 0 aliphatic heterocycles. The fourth-order valence-electron chi connectivity index (χ4n) is 3.96. The molecule has 4 N–H and O–H groups in total. The molecule has 0 radical (unpaired) electrons. The van der Waals surface area contributed by atoms with Crippen molar-refractivity contribution in [2.75, 3.05) is 23.8 Å². The first-order valence-corrected chi connectivity index (χ1v) is 10.8. The molecular weight excluding hydrogens is 374 g/mol. The second-order valence-corrected chi connectivity index (χ2v) is 9.73. The van der Waals surface area contributed by atoms with Crippen molar-refractivity contribution < 1.29 is 10.2 Å². The van der Waals surface area contributed by atoms with E-state index in [1.165, 1.54) is 12.8 Å². The van der Waals surface area contributed by atoms with Crippen molar-refractivity contribution in [1.82, 2.24) is 15.0 Å². The lowest BCUT2D eigenvalue weighted by Gasteiger charge is -2.28. The molecule has 0 saturated heterocycles. The summed E-state index contributed by atoms with van der Waals surface area (Å²) < 4.78 is 0. The molecule has 3 atom stereocenters. The maximum atomic E-state index is 10.9. The van der Waals surface area contributed by atoms with E-state index in [4.69, 9.17) is 4.98 Å². The number of thiazole rings is 1. The van der Waals surface area contributed by atoms with Gasteiger partial charge in [-0.15, -0.1) is 11.3 Å². The smallest absolute Gasteiger partial charge is 0.224 e. The fraction of sp³-hybridized carbons (Fsp3) is 0.650. The number of aliphatic hydroxyl groups excluding tert-OH is 1. The van der Waals surface area contributed by atoms with Gasteiger partial charge in [0.25, 0.3) is 0 Å². The van der Waals surface area contributed by atoms with Crippen molar-refractivity contribution >= 4 is 23.1 Å². The lowest BCUT2D eigenvalue weighted by molar-refractivity contribution is 0.0506. The molecule has 8 heteroatoms. The maximum Gasteiger partial charge on any atom is 0.224 e. The normalized spacial score (nSPS) is 27.2. The zero-order valence-electron chi connectivity index (χ0n) is 16.7. The van der Waals surface area contributed by atoms with Crippen LogP contribution in [0.3, 0.4) is 0 Å². The van der Waals surface area contributed by atoms with Crippen LogP contribution in [0.1, 0.15) is 43.2 Å². The predicted molar refractivity (Wildman–Crippen MR) is 112 cm³/mol. The maximum absolute atomic E-state index is 10.9. The summed E-state index contributed by atoms with van der Waals surface area (Å²) in [7, 11) is 0. The van der Waals surface area contributed by atoms with Crippen LogP contribution in [0.15, 0.2) is 6.20 Å². The Hall–Kier alpha value is -1.77. The van der Waals surface area contributed by atoms with Gasteiger partial charge < -0.3 is 20.8 Å². The van der Waals surface area contributed by atoms with Crippen molar-refractivity contribution in [3.63, 3.8) is 0 Å². The number of aliphatic hydroxyl groups is 2. The molecule has 3 unspecified atom stereocenters. The summed E-state index contributed by atoms with van der Waals surface area (Å²) in [4.78, 5) is 15.1. The molecule has 2 aliphatic carbocycles. The van der Waals surface area contributed by atoms with Crippen LogP contribution in [0.5, 0.6) is 0 Å². The average molecular weight is 404 g/mol. The van der Waals surface area contributed by atoms with Gasteiger partial charge in [0.1, 0.15) is 10.8 Å². The molecular formula is C20H29N5O2S. The summed E-state index contributed by atoms with van der Waals surface area (Å²) in [6.45, 7) is 6.81. The first-order valence-electron chi connectivity index (χ1n) is 10.0. The minimum atomic E-state index is -0.899. The Morgan fingerprint density at radius 3 is 2.64 bits per heavy atom. The van der Waals surface area contributed by atoms with Crippen molar-refractivity contribution in [1.29, 1.82) is 0 Å². The highest BCUT2D eigenvalue weighted by molar-refractivity contribution is 7.15. The molecule has 0 amide bonds. The number of anilines is 2. The number of nitrogens with one attached hydrogen (secondary N) is 2. The van der Waals surface area contributed by atoms with E-state index >= 15 is 0 Å². The first-order chi connectivity index (χ1) is 13.4. The van der Waals surface area contributed by atoms with Gasteiger partial charge in [-0.3, -0.25) is 0 Å². The highest BCUT2D eigenvalue weighted by atomic mass is 32.1. The Kier molecular flexibility index (Phi) is 5.28. The number of hydrogen-bond donors (Lipinski definition) is 4. The Morgan fingerprint density at radius 1 is 1.25 bits per heavy atom. The van der Waals surface area contributed by atoms with Crippen LogP contribution < -0.4 is 10.6 Å². The summed E-state index contributed by atoms with van der Waals surface area (Å²) in [5.41, 5.74) is 0.851. The van der Waals surface area contributed by atoms with Crippen LogP contribution in [-0.2, 0) is 0 Å². The predicted octanol–water partition coefficient (Wildman–Crippen LogP) is 2.97. The van der Waals surface area contributed by atoms with Crippen LogP contribution >= 0.6 is 11.3 Å². The van der Waals surface area contributed by atoms with Gasteiger partial charge in [-0.1, -0.05) is 0 Å². The Balaban J connectivity index is 1.67. The van der Waals surface area contributed by atoms with Crippen LogP contribution in [-0.4, -0.2) is 50.0 Å². The Bertz CT molecular complexity index is 849. The highest BCUT2D eigenvalue weighted by Gasteiger charge is 2.43. The van der Waals surface area contributed by atoms with Gasteiger partial charge in [0, 0.05) is 24.2 Å². The van der Waals surface area contributed by atoms with E-state index in [9.17, 15) is 10.2 Å². The minimum absolute atomic E-state index is 0.0872. The Labute approximate surface area is 169 Å². The third-order valence-corrected chi connectivity index (χ3v) is 6.69. The zero-order chi connectivity index (χ0) is 19.9. The lowest BCUT2D eigenvalue weighted by Crippen LogP contribution is -2.39. The third-order valence-electron chi connectivity index (χ3n) is 5.76. The molecule has 152 valence electrons. The van der Waals surface area contributed by atoms with Crippen molar-refractivity contribution in [3.05, 3.63) is 16.8 Å². The van der Waals surface area contributed by atoms with Gasteiger partial charge in [0.05, 0.1) is 22.9 Å². The second-order valence-electron chi connectivity index (χ2n) is 8.50. The number of rotatable bonds is 7. The molecule has 0 aromatic carbocycles. The summed E-state index contributed by atoms with van der Waals surface area (Å²) >= 11 is 1.61. The van der Waals surface area contributed by atoms with E-state index in [-0.39, 0.29) is 18.6 Å². The second kappa shape index (κ2) is 7.57. The molecule has 2 aliphatic rings. The lowest BCUT2D eigenvalue weighted by atomic mass is 10.00. The van der Waals surface area contributed by atoms with E-state index in [1.807, 2.05) is 27.0 Å². The largest absolute Gasteiger partial charge is 0.396 e. The third kappa shape index (κ3) is 4.14. The van der Waals surface area contributed by atoms with Crippen LogP contribution in [0.4, 0.5) is 11.8 Å². The molecule has 4 rings (SSSR count). The summed E-state index contributed by atoms with van der Waals surface area (Å²) in [5, 5.41) is 28.1. The summed E-state index contributed by atoms with van der Waals surface area (Å²) in [5.74, 6) is 2.13. The van der Waals surface area contributed by atoms with Crippen molar-refractivity contribution in [2.24, 2.45) is 11.8 Å². The molecule has 2 aromatic rings. The standard InChI is InChI=1S/C20H29N5O2S/c1-11-8-21-18(28-11)16-12(2)23-19(22-9-13-4-5-13)25-17(16)24-15-6-14(10-26)7-20(15,3)27/h8,13-15,26-27H,4-7,9-10H2,1-3H3,(H2,22,23,24,25). The quantitative estimate of drug-likeness (QED) is 0.563. The summed E-state index contributed by atoms with van der Waals surface area (Å²) in [6.07, 6.45) is 5.66. The average Bonchev–Trinajstić information content (AvgIpc) is 3.30. The van der Waals surface area contributed by atoms with E-state index in [2.05, 4.69) is 20.6 Å². The molecule has 0 bridgehead atoms. The Morgan fingerprint density at radius 2 is 2.04 bits per heavy atom. The number of aryl methyl sites for hydroxylation is 2. The van der Waals surface area contributed by atoms with Gasteiger partial charge in [0.15, 0.2) is 0 Å². The fourth-order valence-corrected chi connectivity index (χ4v) is 4.82. The number of nitrogens with zero attached hydrogens (tertiary/aromatic N) is 3. The molecule has 2 aromatic heterocycles. The molecule has 2 saturated carbocycles. The van der Waals surface area contributed by atoms with E-state index < -0.39 is 5.60 Å². The molecule has 28 heavy (non-hydrogen) atoms. The van der Waals surface area contributed by atoms with E-state index in [1.54, 1.807) is 11.3 Å². The number of hydrogen-bond acceptors (Lipinski definition) is 8. The van der Waals surface area contributed by atoms with Crippen molar-refractivity contribution in [2.45, 2.75) is 58.1 Å². The van der Waals surface area contributed by atoms with E-state index in [0.29, 0.717) is 24.6 Å². The molecule has 0 spiro atoms. The molecule has 2 fully saturated rings. The first kappa shape index (κ1) is 19.5. The summed E-state index contributed by atoms with van der Waals surface area (Å²) in [6, 6.07) is -0.185. The molecule has 2 heterocycles. The van der Waals surface area contributed by atoms with Gasteiger partial charge >= 0.3 is 0 Å². The number of aromatic nitrogens is 3. The molecule has 7 nitrogen and oxygen atoms in total. The minimum Gasteiger partial charge on any atom is -0.396 e. The topological polar surface area (TPSA) is 103 Å². The van der Waals surface area contributed by atoms with Gasteiger partial charge in [0.2, 0.25) is 5.95 Å². The zero-order valence-corrected chi connectivity index (χ0v) is 17.5. The van der Waals surface area contributed by atoms with Crippen molar-refractivity contribution in [3.8, 4) is 10.6 Å². The SMILES string of the molecule is Cc1cnc(-c2c(C)nc(NCC3CC3)nc2NC2CC(CO)CC2(C)O)s1. The monoisotopic (exact) mass is 403 g/mol. The van der Waals surface area contributed by atoms with Gasteiger partial charge in [-0.05, 0) is 58.3 Å². The van der Waals surface area contributed by atoms with Crippen LogP contribution in [0.25, 0.3) is 10.6 Å². The van der Waals surface area contributed by atoms with Gasteiger partial charge in [-0.2, -0.15) is 4.98 Å². The van der Waals surface area contributed by atoms with Gasteiger partial charge in [-0.25, -0.2) is 9.97 Å². The van der Waals surface area contributed by atoms with Crippen LogP contribution in [0.2, 0.25) is 0 Å².